The normalized spacial score (nSPS) is 34.0. The van der Waals surface area contributed by atoms with Gasteiger partial charge in [-0.1, -0.05) is 18.2 Å². The van der Waals surface area contributed by atoms with E-state index in [1.165, 1.54) is 29.3 Å². The molecule has 3 aliphatic rings. The number of hydrogen-bond donors (Lipinski definition) is 2. The van der Waals surface area contributed by atoms with Gasteiger partial charge in [0.15, 0.2) is 0 Å². The van der Waals surface area contributed by atoms with Gasteiger partial charge in [0.2, 0.25) is 0 Å². The van der Waals surface area contributed by atoms with Crippen LogP contribution in [0.3, 0.4) is 0 Å². The number of nitrogens with one attached hydrogen (secondary N) is 1. The van der Waals surface area contributed by atoms with Gasteiger partial charge in [0.1, 0.15) is 0 Å². The van der Waals surface area contributed by atoms with Gasteiger partial charge in [-0.25, -0.2) is 0 Å². The fourth-order valence-electron chi connectivity index (χ4n) is 5.89. The number of ether oxygens (including phenoxy) is 1. The number of carbonyl (C=O) groups excluding carboxylic acids is 1. The maximum absolute atomic E-state index is 12.6. The van der Waals surface area contributed by atoms with Crippen molar-refractivity contribution in [2.75, 3.05) is 20.2 Å². The van der Waals surface area contributed by atoms with E-state index in [4.69, 9.17) is 4.74 Å². The molecule has 5 rings (SSSR count). The molecule has 2 fully saturated rings. The number of nitrogens with zero attached hydrogens (tertiary/aromatic N) is 1. The summed E-state index contributed by atoms with van der Waals surface area (Å²) in [5.74, 6) is -0.0885. The molecule has 1 aromatic heterocycles. The summed E-state index contributed by atoms with van der Waals surface area (Å²) in [5, 5.41) is 12.0. The number of para-hydroxylation sites is 1. The molecule has 1 saturated carbocycles. The topological polar surface area (TPSA) is 65.6 Å². The SMILES string of the molecule is COC(=O)[C@@H]1[C@@H]2[C@@H](CC[C@@H]1O)CCN1CCc3c([nH]c4ccccc34)[C@H]21. The number of aromatic nitrogens is 1. The lowest BCUT2D eigenvalue weighted by molar-refractivity contribution is -0.163. The van der Waals surface area contributed by atoms with Gasteiger partial charge >= 0.3 is 5.97 Å². The third-order valence-electron chi connectivity index (χ3n) is 7.02. The highest BCUT2D eigenvalue weighted by Crippen LogP contribution is 2.52. The lowest BCUT2D eigenvalue weighted by atomic mass is 9.62. The Morgan fingerprint density at radius 3 is 2.92 bits per heavy atom. The van der Waals surface area contributed by atoms with Crippen LogP contribution in [0.15, 0.2) is 24.3 Å². The Balaban J connectivity index is 1.64. The number of aromatic amines is 1. The van der Waals surface area contributed by atoms with Crippen molar-refractivity contribution in [2.45, 2.75) is 37.8 Å². The molecule has 138 valence electrons. The number of hydrogen-bond acceptors (Lipinski definition) is 4. The molecule has 2 aromatic rings. The molecular formula is C21H26N2O3. The molecule has 1 aromatic carbocycles. The molecule has 1 saturated heterocycles. The van der Waals surface area contributed by atoms with Crippen molar-refractivity contribution in [1.29, 1.82) is 0 Å². The van der Waals surface area contributed by atoms with E-state index in [-0.39, 0.29) is 17.9 Å². The zero-order valence-corrected chi connectivity index (χ0v) is 15.1. The van der Waals surface area contributed by atoms with Crippen molar-refractivity contribution in [3.63, 3.8) is 0 Å². The fourth-order valence-corrected chi connectivity index (χ4v) is 5.89. The number of methoxy groups -OCH3 is 1. The van der Waals surface area contributed by atoms with Crippen LogP contribution in [0.2, 0.25) is 0 Å². The second-order valence-electron chi connectivity index (χ2n) is 8.11. The number of rotatable bonds is 1. The van der Waals surface area contributed by atoms with E-state index in [0.717, 1.165) is 32.4 Å². The van der Waals surface area contributed by atoms with Gasteiger partial charge < -0.3 is 14.8 Å². The third kappa shape index (κ3) is 2.26. The zero-order chi connectivity index (χ0) is 17.8. The predicted octanol–water partition coefficient (Wildman–Crippen LogP) is 2.65. The Bertz CT molecular complexity index is 845. The standard InChI is InChI=1S/C21H26N2O3/c1-26-21(25)18-16(24)7-6-12-8-10-23-11-9-14-13-4-2-3-5-15(13)22-19(14)20(23)17(12)18/h2-5,12,16-18,20,22,24H,6-11H2,1H3/t12-,16-,17-,18-,20-/m0/s1. The summed E-state index contributed by atoms with van der Waals surface area (Å²) in [6.45, 7) is 2.09. The fraction of sp³-hybridized carbons (Fsp3) is 0.571. The van der Waals surface area contributed by atoms with Crippen molar-refractivity contribution in [3.05, 3.63) is 35.5 Å². The van der Waals surface area contributed by atoms with Crippen LogP contribution >= 0.6 is 0 Å². The van der Waals surface area contributed by atoms with Gasteiger partial charge in [0, 0.05) is 23.1 Å². The number of aliphatic hydroxyl groups is 1. The first-order valence-corrected chi connectivity index (χ1v) is 9.78. The summed E-state index contributed by atoms with van der Waals surface area (Å²) >= 11 is 0. The second-order valence-corrected chi connectivity index (χ2v) is 8.11. The van der Waals surface area contributed by atoms with E-state index in [0.29, 0.717) is 12.3 Å². The molecule has 0 spiro atoms. The van der Waals surface area contributed by atoms with Gasteiger partial charge in [-0.2, -0.15) is 0 Å². The summed E-state index contributed by atoms with van der Waals surface area (Å²) in [4.78, 5) is 18.8. The van der Waals surface area contributed by atoms with Crippen molar-refractivity contribution in [3.8, 4) is 0 Å². The van der Waals surface area contributed by atoms with Crippen LogP contribution in [0.5, 0.6) is 0 Å². The molecule has 5 heteroatoms. The molecule has 26 heavy (non-hydrogen) atoms. The number of benzene rings is 1. The molecule has 1 aliphatic carbocycles. The Hall–Kier alpha value is -1.85. The van der Waals surface area contributed by atoms with E-state index < -0.39 is 12.0 Å². The highest BCUT2D eigenvalue weighted by atomic mass is 16.5. The van der Waals surface area contributed by atoms with Gasteiger partial charge in [-0.05, 0) is 55.7 Å². The first kappa shape index (κ1) is 16.3. The second kappa shape index (κ2) is 6.10. The third-order valence-corrected chi connectivity index (χ3v) is 7.02. The molecule has 2 aliphatic heterocycles. The minimum absolute atomic E-state index is 0.118. The predicted molar refractivity (Wildman–Crippen MR) is 98.7 cm³/mol. The molecule has 0 bridgehead atoms. The van der Waals surface area contributed by atoms with E-state index in [1.807, 2.05) is 0 Å². The minimum Gasteiger partial charge on any atom is -0.469 e. The van der Waals surface area contributed by atoms with Crippen LogP contribution in [-0.4, -0.2) is 47.3 Å². The number of esters is 1. The van der Waals surface area contributed by atoms with E-state index >= 15 is 0 Å². The average molecular weight is 354 g/mol. The van der Waals surface area contributed by atoms with E-state index in [2.05, 4.69) is 34.1 Å². The van der Waals surface area contributed by atoms with Gasteiger partial charge in [0.05, 0.1) is 25.2 Å². The highest BCUT2D eigenvalue weighted by molar-refractivity contribution is 5.85. The molecule has 2 N–H and O–H groups in total. The van der Waals surface area contributed by atoms with Crippen molar-refractivity contribution in [2.24, 2.45) is 17.8 Å². The largest absolute Gasteiger partial charge is 0.469 e. The molecule has 5 nitrogen and oxygen atoms in total. The Morgan fingerprint density at radius 1 is 1.23 bits per heavy atom. The van der Waals surface area contributed by atoms with Crippen LogP contribution < -0.4 is 0 Å². The number of carbonyl (C=O) groups is 1. The monoisotopic (exact) mass is 354 g/mol. The van der Waals surface area contributed by atoms with Crippen LogP contribution in [0.4, 0.5) is 0 Å². The summed E-state index contributed by atoms with van der Waals surface area (Å²) in [6, 6.07) is 8.64. The molecule has 0 amide bonds. The van der Waals surface area contributed by atoms with Gasteiger partial charge in [-0.3, -0.25) is 9.69 Å². The zero-order valence-electron chi connectivity index (χ0n) is 15.1. The van der Waals surface area contributed by atoms with Crippen LogP contribution in [0.25, 0.3) is 10.9 Å². The Labute approximate surface area is 153 Å². The van der Waals surface area contributed by atoms with Crippen molar-refractivity contribution < 1.29 is 14.6 Å². The van der Waals surface area contributed by atoms with E-state index in [1.54, 1.807) is 0 Å². The van der Waals surface area contributed by atoms with Crippen LogP contribution in [-0.2, 0) is 16.0 Å². The number of H-pyrrole nitrogens is 1. The summed E-state index contributed by atoms with van der Waals surface area (Å²) < 4.78 is 5.11. The Morgan fingerprint density at radius 2 is 2.08 bits per heavy atom. The average Bonchev–Trinajstić information content (AvgIpc) is 3.05. The Kier molecular flexibility index (Phi) is 3.83. The van der Waals surface area contributed by atoms with Crippen LogP contribution in [0, 0.1) is 17.8 Å². The maximum Gasteiger partial charge on any atom is 0.311 e. The summed E-state index contributed by atoms with van der Waals surface area (Å²) in [6.07, 6.45) is 3.25. The lowest BCUT2D eigenvalue weighted by Crippen LogP contribution is -2.55. The first-order chi connectivity index (χ1) is 12.7. The highest BCUT2D eigenvalue weighted by Gasteiger charge is 2.52. The molecular weight excluding hydrogens is 328 g/mol. The molecule has 0 unspecified atom stereocenters. The van der Waals surface area contributed by atoms with E-state index in [9.17, 15) is 9.90 Å². The number of aliphatic hydroxyl groups excluding tert-OH is 1. The molecule has 0 radical (unpaired) electrons. The number of fused-ring (bicyclic) bond motifs is 7. The van der Waals surface area contributed by atoms with Crippen molar-refractivity contribution in [1.82, 2.24) is 9.88 Å². The molecule has 3 heterocycles. The molecule has 5 atom stereocenters. The quantitative estimate of drug-likeness (QED) is 0.773. The summed E-state index contributed by atoms with van der Waals surface area (Å²) in [7, 11) is 1.44. The first-order valence-electron chi connectivity index (χ1n) is 9.78. The lowest BCUT2D eigenvalue weighted by Gasteiger charge is -2.52. The smallest absolute Gasteiger partial charge is 0.311 e. The van der Waals surface area contributed by atoms with Crippen molar-refractivity contribution >= 4 is 16.9 Å². The van der Waals surface area contributed by atoms with Gasteiger partial charge in [-0.15, -0.1) is 0 Å². The minimum atomic E-state index is -0.599. The summed E-state index contributed by atoms with van der Waals surface area (Å²) in [5.41, 5.74) is 3.83. The van der Waals surface area contributed by atoms with Crippen LogP contribution in [0.1, 0.15) is 36.6 Å². The maximum atomic E-state index is 12.6. The number of piperidine rings is 1. The van der Waals surface area contributed by atoms with Gasteiger partial charge in [0.25, 0.3) is 0 Å².